The first kappa shape index (κ1) is 50.0. The summed E-state index contributed by atoms with van der Waals surface area (Å²) in [6, 6.07) is 16.3. The lowest BCUT2D eigenvalue weighted by Gasteiger charge is -2.31. The highest BCUT2D eigenvalue weighted by Crippen LogP contribution is 2.57. The fraction of sp³-hybridized carbons (Fsp3) is 0.455. The van der Waals surface area contributed by atoms with Gasteiger partial charge >= 0.3 is 6.09 Å². The molecule has 1 saturated heterocycles. The van der Waals surface area contributed by atoms with Crippen LogP contribution in [0.5, 0.6) is 23.0 Å². The van der Waals surface area contributed by atoms with E-state index in [1.807, 2.05) is 31.0 Å². The Kier molecular flexibility index (Phi) is 14.3. The van der Waals surface area contributed by atoms with E-state index in [0.29, 0.717) is 54.1 Å². The van der Waals surface area contributed by atoms with E-state index in [0.717, 1.165) is 47.3 Å². The molecule has 3 aromatic carbocycles. The third-order valence-corrected chi connectivity index (χ3v) is 14.8. The number of benzene rings is 3. The van der Waals surface area contributed by atoms with Crippen molar-refractivity contribution >= 4 is 40.9 Å². The molecule has 5 aliphatic rings. The maximum absolute atomic E-state index is 14.3. The molecule has 4 amide bonds. The van der Waals surface area contributed by atoms with E-state index in [1.54, 1.807) is 37.1 Å². The SMILES string of the molecule is COc1cc2c(cc1OCCCOc1cc3c(cc1OC)C(=O)N1CC4(CC4)C[C@H]1C(O)N3C(=O)OCc1ccc(CC(=O)[C@H](C)NC(=O)[C@@H](N)C(C)C)cn1)CC[C@@H]1CC(c3ccc(C)cc3)=CN1C2=O. The Morgan fingerprint density at radius 3 is 2.25 bits per heavy atom. The molecule has 1 unspecified atom stereocenters. The number of aliphatic hydroxyl groups is 1. The van der Waals surface area contributed by atoms with Crippen LogP contribution < -0.4 is 34.9 Å². The molecular formula is C55H64N6O11. The lowest BCUT2D eigenvalue weighted by molar-refractivity contribution is -0.128. The van der Waals surface area contributed by atoms with E-state index in [1.165, 1.54) is 31.0 Å². The van der Waals surface area contributed by atoms with Crippen molar-refractivity contribution in [2.45, 2.75) is 116 Å². The quantitative estimate of drug-likeness (QED) is 0.0963. The molecule has 1 aromatic heterocycles. The van der Waals surface area contributed by atoms with Crippen LogP contribution in [0.1, 0.15) is 108 Å². The lowest BCUT2D eigenvalue weighted by atomic mass is 9.97. The van der Waals surface area contributed by atoms with Crippen LogP contribution in [-0.4, -0.2) is 114 Å². The minimum Gasteiger partial charge on any atom is -0.493 e. The molecule has 9 rings (SSSR count). The first-order valence-corrected chi connectivity index (χ1v) is 24.8. The number of hydrogen-bond donors (Lipinski definition) is 3. The van der Waals surface area contributed by atoms with Gasteiger partial charge in [-0.3, -0.25) is 24.2 Å². The van der Waals surface area contributed by atoms with E-state index in [9.17, 15) is 29.1 Å². The summed E-state index contributed by atoms with van der Waals surface area (Å²) in [5.74, 6) is 0.356. The van der Waals surface area contributed by atoms with Gasteiger partial charge in [0.2, 0.25) is 5.91 Å². The molecule has 4 aliphatic heterocycles. The molecule has 0 bridgehead atoms. The molecule has 17 heteroatoms. The Hall–Kier alpha value is -6.98. The van der Waals surface area contributed by atoms with Gasteiger partial charge in [0, 0.05) is 49.5 Å². The first-order chi connectivity index (χ1) is 34.6. The zero-order chi connectivity index (χ0) is 51.0. The number of amides is 4. The van der Waals surface area contributed by atoms with Crippen LogP contribution in [0.15, 0.2) is 73.1 Å². The average molecular weight is 985 g/mol. The highest BCUT2D eigenvalue weighted by molar-refractivity contribution is 6.06. The van der Waals surface area contributed by atoms with Gasteiger partial charge in [0.05, 0.1) is 62.5 Å². The van der Waals surface area contributed by atoms with Crippen molar-refractivity contribution in [3.05, 3.63) is 112 Å². The van der Waals surface area contributed by atoms with E-state index in [2.05, 4.69) is 41.5 Å². The summed E-state index contributed by atoms with van der Waals surface area (Å²) >= 11 is 0. The molecule has 17 nitrogen and oxygen atoms in total. The van der Waals surface area contributed by atoms with Gasteiger partial charge in [0.15, 0.2) is 35.0 Å². The van der Waals surface area contributed by atoms with Crippen molar-refractivity contribution in [2.75, 3.05) is 38.9 Å². The lowest BCUT2D eigenvalue weighted by Crippen LogP contribution is -2.50. The Bertz CT molecular complexity index is 2770. The summed E-state index contributed by atoms with van der Waals surface area (Å²) in [5.41, 5.74) is 12.0. The third-order valence-electron chi connectivity index (χ3n) is 14.8. The molecular weight excluding hydrogens is 921 g/mol. The van der Waals surface area contributed by atoms with Gasteiger partial charge in [-0.25, -0.2) is 9.69 Å². The maximum Gasteiger partial charge on any atom is 0.416 e. The fourth-order valence-electron chi connectivity index (χ4n) is 10.2. The number of nitrogens with one attached hydrogen (secondary N) is 1. The number of carbonyl (C=O) groups is 5. The first-order valence-electron chi connectivity index (χ1n) is 24.8. The molecule has 1 aliphatic carbocycles. The van der Waals surface area contributed by atoms with E-state index in [4.69, 9.17) is 29.4 Å². The van der Waals surface area contributed by atoms with E-state index in [-0.39, 0.29) is 84.0 Å². The monoisotopic (exact) mass is 984 g/mol. The second-order valence-corrected chi connectivity index (χ2v) is 20.2. The number of anilines is 1. The zero-order valence-corrected chi connectivity index (χ0v) is 41.8. The molecule has 5 atom stereocenters. The molecule has 4 N–H and O–H groups in total. The van der Waals surface area contributed by atoms with Gasteiger partial charge in [-0.15, -0.1) is 0 Å². The number of aliphatic hydroxyl groups excluding tert-OH is 1. The molecule has 380 valence electrons. The van der Waals surface area contributed by atoms with E-state index < -0.39 is 36.4 Å². The van der Waals surface area contributed by atoms with Crippen LogP contribution >= 0.6 is 0 Å². The number of pyridine rings is 1. The standard InChI is InChI=1S/C55H64N6O11/c1-31(2)49(56)50(63)58-33(4)44(62)20-34-10-14-38(57-27-34)29-72-54(67)61-42-25-48(46(69-6)24-41(42)52(65)60-30-55(16-17-55)26-43(60)53(61)66)71-19-7-18-70-47-22-36-13-15-39-21-37(35-11-8-32(3)9-12-35)28-59(39)51(64)40(36)23-45(47)68-5/h8-12,14,22-25,27-28,31,33,39,43,49,53,66H,7,13,15-21,26,29-30,56H2,1-6H3,(H,58,63)/t33-,39+,43-,49-,53?/m0/s1. The Balaban J connectivity index is 0.859. The Morgan fingerprint density at radius 2 is 1.60 bits per heavy atom. The summed E-state index contributed by atoms with van der Waals surface area (Å²) in [7, 11) is 3.01. The molecule has 72 heavy (non-hydrogen) atoms. The van der Waals surface area contributed by atoms with Crippen molar-refractivity contribution in [1.29, 1.82) is 0 Å². The number of carbonyl (C=O) groups excluding carboxylic acids is 5. The normalized spacial score (nSPS) is 20.3. The summed E-state index contributed by atoms with van der Waals surface area (Å²) in [6.45, 7) is 7.90. The largest absolute Gasteiger partial charge is 0.493 e. The number of aromatic nitrogens is 1. The van der Waals surface area contributed by atoms with Crippen molar-refractivity contribution in [1.82, 2.24) is 20.1 Å². The molecule has 1 spiro atoms. The van der Waals surface area contributed by atoms with Crippen LogP contribution in [0.25, 0.3) is 5.57 Å². The van der Waals surface area contributed by atoms with Gasteiger partial charge in [-0.2, -0.15) is 0 Å². The number of fused-ring (bicyclic) bond motifs is 4. The second-order valence-electron chi connectivity index (χ2n) is 20.2. The van der Waals surface area contributed by atoms with Gasteiger partial charge in [0.25, 0.3) is 11.8 Å². The van der Waals surface area contributed by atoms with Gasteiger partial charge < -0.3 is 49.6 Å². The summed E-state index contributed by atoms with van der Waals surface area (Å²) in [6.07, 6.45) is 6.26. The van der Waals surface area contributed by atoms with Crippen LogP contribution in [0.3, 0.4) is 0 Å². The molecule has 4 aromatic rings. The molecule has 1 saturated carbocycles. The third kappa shape index (κ3) is 10.2. The summed E-state index contributed by atoms with van der Waals surface area (Å²) in [4.78, 5) is 76.9. The van der Waals surface area contributed by atoms with Crippen LogP contribution in [0, 0.1) is 18.3 Å². The van der Waals surface area contributed by atoms with Gasteiger partial charge in [-0.05, 0) is 110 Å². The second kappa shape index (κ2) is 20.6. The average Bonchev–Trinajstić information content (AvgIpc) is 3.88. The van der Waals surface area contributed by atoms with Crippen LogP contribution in [-0.2, 0) is 33.8 Å². The minimum atomic E-state index is -1.44. The van der Waals surface area contributed by atoms with Gasteiger partial charge in [0.1, 0.15) is 6.61 Å². The van der Waals surface area contributed by atoms with Crippen molar-refractivity contribution in [3.63, 3.8) is 0 Å². The maximum atomic E-state index is 14.3. The van der Waals surface area contributed by atoms with Crippen molar-refractivity contribution < 1.29 is 52.8 Å². The number of hydrogen-bond acceptors (Lipinski definition) is 13. The zero-order valence-electron chi connectivity index (χ0n) is 41.8. The number of ketones is 1. The minimum absolute atomic E-state index is 0.0115. The topological polar surface area (TPSA) is 212 Å². The highest BCUT2D eigenvalue weighted by Gasteiger charge is 2.58. The smallest absolute Gasteiger partial charge is 0.416 e. The van der Waals surface area contributed by atoms with Crippen molar-refractivity contribution in [3.8, 4) is 23.0 Å². The van der Waals surface area contributed by atoms with Crippen LogP contribution in [0.2, 0.25) is 0 Å². The fourth-order valence-corrected chi connectivity index (χ4v) is 10.2. The highest BCUT2D eigenvalue weighted by atomic mass is 16.6. The van der Waals surface area contributed by atoms with Crippen molar-refractivity contribution in [2.24, 2.45) is 17.1 Å². The molecule has 5 heterocycles. The van der Waals surface area contributed by atoms with Gasteiger partial charge in [-0.1, -0.05) is 49.7 Å². The predicted octanol–water partition coefficient (Wildman–Crippen LogP) is 6.53. The molecule has 0 radical (unpaired) electrons. The summed E-state index contributed by atoms with van der Waals surface area (Å²) < 4.78 is 29.8. The number of nitrogens with zero attached hydrogens (tertiary/aromatic N) is 4. The number of nitrogens with two attached hydrogens (primary N) is 1. The number of rotatable bonds is 17. The summed E-state index contributed by atoms with van der Waals surface area (Å²) in [5, 5.41) is 14.7. The Morgan fingerprint density at radius 1 is 0.903 bits per heavy atom. The van der Waals surface area contributed by atoms with Crippen LogP contribution in [0.4, 0.5) is 10.5 Å². The number of methoxy groups -OCH3 is 2. The molecule has 2 fully saturated rings. The predicted molar refractivity (Wildman–Crippen MR) is 267 cm³/mol. The van der Waals surface area contributed by atoms with E-state index >= 15 is 0 Å². The number of ether oxygens (including phenoxy) is 5. The Labute approximate surface area is 419 Å². The number of aryl methyl sites for hydroxylation is 2. The number of Topliss-reactive ketones (excluding diaryl/α,β-unsaturated/α-hetero) is 1.